The maximum absolute atomic E-state index is 12.8. The predicted octanol–water partition coefficient (Wildman–Crippen LogP) is 1.84. The topological polar surface area (TPSA) is 75.9 Å². The first-order chi connectivity index (χ1) is 12.6. The number of hydrogen-bond acceptors (Lipinski definition) is 4. The van der Waals surface area contributed by atoms with Crippen molar-refractivity contribution in [3.63, 3.8) is 0 Å². The minimum atomic E-state index is -0.309. The Morgan fingerprint density at radius 1 is 1.04 bits per heavy atom. The number of benzene rings is 1. The van der Waals surface area contributed by atoms with Crippen LogP contribution in [0.15, 0.2) is 30.3 Å². The van der Waals surface area contributed by atoms with Crippen molar-refractivity contribution in [2.24, 2.45) is 17.6 Å². The van der Waals surface area contributed by atoms with Gasteiger partial charge in [0.1, 0.15) is 0 Å². The summed E-state index contributed by atoms with van der Waals surface area (Å²) in [6, 6.07) is 9.43. The Morgan fingerprint density at radius 3 is 2.22 bits per heavy atom. The standard InChI is InChI=1S/C20H29N3O3.ClH/c1-15(18(21)16-5-3-2-4-6-16)19(24)22-9-7-17(8-10-22)20(25)23-11-13-26-14-12-23;/h2-6,15,17-18H,7-14,21H2,1H3;1H. The van der Waals surface area contributed by atoms with E-state index in [1.807, 2.05) is 47.1 Å². The number of likely N-dealkylation sites (tertiary alicyclic amines) is 1. The van der Waals surface area contributed by atoms with Gasteiger partial charge in [-0.05, 0) is 18.4 Å². The fourth-order valence-electron chi connectivity index (χ4n) is 3.79. The number of hydrogen-bond donors (Lipinski definition) is 1. The molecule has 7 heteroatoms. The Labute approximate surface area is 167 Å². The quantitative estimate of drug-likeness (QED) is 0.844. The molecule has 2 N–H and O–H groups in total. The van der Waals surface area contributed by atoms with Crippen molar-refractivity contribution in [3.05, 3.63) is 35.9 Å². The summed E-state index contributed by atoms with van der Waals surface area (Å²) in [4.78, 5) is 29.2. The minimum absolute atomic E-state index is 0. The zero-order valence-corrected chi connectivity index (χ0v) is 16.7. The van der Waals surface area contributed by atoms with Gasteiger partial charge in [0.2, 0.25) is 11.8 Å². The van der Waals surface area contributed by atoms with Gasteiger partial charge in [-0.1, -0.05) is 37.3 Å². The molecule has 2 saturated heterocycles. The van der Waals surface area contributed by atoms with Gasteiger partial charge in [0.05, 0.1) is 19.1 Å². The molecule has 3 rings (SSSR count). The Kier molecular flexibility index (Phi) is 8.07. The molecule has 0 aromatic heterocycles. The second-order valence-corrected chi connectivity index (χ2v) is 7.26. The van der Waals surface area contributed by atoms with Crippen molar-refractivity contribution in [2.45, 2.75) is 25.8 Å². The van der Waals surface area contributed by atoms with Crippen molar-refractivity contribution < 1.29 is 14.3 Å². The van der Waals surface area contributed by atoms with Crippen molar-refractivity contribution in [1.82, 2.24) is 9.80 Å². The van der Waals surface area contributed by atoms with Crippen molar-refractivity contribution >= 4 is 24.2 Å². The molecule has 6 nitrogen and oxygen atoms in total. The Morgan fingerprint density at radius 2 is 1.63 bits per heavy atom. The third-order valence-electron chi connectivity index (χ3n) is 5.59. The van der Waals surface area contributed by atoms with Gasteiger partial charge in [0, 0.05) is 38.1 Å². The molecule has 0 aliphatic carbocycles. The van der Waals surface area contributed by atoms with E-state index in [-0.39, 0.29) is 42.1 Å². The number of amides is 2. The predicted molar refractivity (Wildman–Crippen MR) is 106 cm³/mol. The number of carbonyl (C=O) groups is 2. The van der Waals surface area contributed by atoms with Crippen LogP contribution in [0.25, 0.3) is 0 Å². The molecule has 0 radical (unpaired) electrons. The van der Waals surface area contributed by atoms with E-state index in [1.54, 1.807) is 0 Å². The van der Waals surface area contributed by atoms with Crippen LogP contribution in [-0.2, 0) is 14.3 Å². The second-order valence-electron chi connectivity index (χ2n) is 7.26. The van der Waals surface area contributed by atoms with Crippen LogP contribution in [0.3, 0.4) is 0 Å². The molecule has 0 spiro atoms. The van der Waals surface area contributed by atoms with Crippen LogP contribution in [0.1, 0.15) is 31.4 Å². The zero-order chi connectivity index (χ0) is 18.5. The van der Waals surface area contributed by atoms with E-state index in [0.29, 0.717) is 39.4 Å². The number of ether oxygens (including phenoxy) is 1. The summed E-state index contributed by atoms with van der Waals surface area (Å²) in [6.07, 6.45) is 1.46. The number of morpholine rings is 1. The van der Waals surface area contributed by atoms with Gasteiger partial charge < -0.3 is 20.3 Å². The highest BCUT2D eigenvalue weighted by atomic mass is 35.5. The van der Waals surface area contributed by atoms with E-state index < -0.39 is 0 Å². The molecule has 2 heterocycles. The largest absolute Gasteiger partial charge is 0.378 e. The van der Waals surface area contributed by atoms with E-state index in [4.69, 9.17) is 10.5 Å². The summed E-state index contributed by atoms with van der Waals surface area (Å²) >= 11 is 0. The summed E-state index contributed by atoms with van der Waals surface area (Å²) in [5, 5.41) is 0. The lowest BCUT2D eigenvalue weighted by molar-refractivity contribution is -0.145. The van der Waals surface area contributed by atoms with Crippen molar-refractivity contribution in [2.75, 3.05) is 39.4 Å². The first-order valence-corrected chi connectivity index (χ1v) is 9.53. The molecular formula is C20H30ClN3O3. The monoisotopic (exact) mass is 395 g/mol. The lowest BCUT2D eigenvalue weighted by Crippen LogP contribution is -2.49. The molecule has 2 atom stereocenters. The van der Waals surface area contributed by atoms with Crippen LogP contribution in [-0.4, -0.2) is 61.0 Å². The molecule has 1 aromatic rings. The Hall–Kier alpha value is -1.63. The smallest absolute Gasteiger partial charge is 0.227 e. The number of nitrogens with two attached hydrogens (primary N) is 1. The molecule has 2 aliphatic rings. The molecule has 2 aliphatic heterocycles. The number of piperidine rings is 1. The van der Waals surface area contributed by atoms with Gasteiger partial charge in [-0.25, -0.2) is 0 Å². The Bertz CT molecular complexity index is 614. The molecular weight excluding hydrogens is 366 g/mol. The molecule has 0 bridgehead atoms. The average Bonchev–Trinajstić information content (AvgIpc) is 2.73. The first kappa shape index (κ1) is 21.7. The number of rotatable bonds is 4. The lowest BCUT2D eigenvalue weighted by Gasteiger charge is -2.37. The Balaban J connectivity index is 0.00000261. The lowest BCUT2D eigenvalue weighted by atomic mass is 9.91. The van der Waals surface area contributed by atoms with E-state index >= 15 is 0 Å². The van der Waals surface area contributed by atoms with Crippen molar-refractivity contribution in [1.29, 1.82) is 0 Å². The van der Waals surface area contributed by atoms with Gasteiger partial charge in [-0.2, -0.15) is 0 Å². The van der Waals surface area contributed by atoms with E-state index in [2.05, 4.69) is 0 Å². The summed E-state index contributed by atoms with van der Waals surface area (Å²) in [5.74, 6) is 0.0483. The van der Waals surface area contributed by atoms with Gasteiger partial charge in [-0.15, -0.1) is 12.4 Å². The highest BCUT2D eigenvalue weighted by molar-refractivity contribution is 5.85. The van der Waals surface area contributed by atoms with Crippen LogP contribution in [0.2, 0.25) is 0 Å². The highest BCUT2D eigenvalue weighted by Crippen LogP contribution is 2.25. The summed E-state index contributed by atoms with van der Waals surface area (Å²) in [7, 11) is 0. The van der Waals surface area contributed by atoms with Crippen molar-refractivity contribution in [3.8, 4) is 0 Å². The van der Waals surface area contributed by atoms with Crippen LogP contribution in [0.5, 0.6) is 0 Å². The van der Waals surface area contributed by atoms with Crippen LogP contribution < -0.4 is 5.73 Å². The average molecular weight is 396 g/mol. The first-order valence-electron chi connectivity index (χ1n) is 9.53. The molecule has 2 fully saturated rings. The van der Waals surface area contributed by atoms with Gasteiger partial charge in [0.15, 0.2) is 0 Å². The third-order valence-corrected chi connectivity index (χ3v) is 5.59. The fraction of sp³-hybridized carbons (Fsp3) is 0.600. The number of nitrogens with zero attached hydrogens (tertiary/aromatic N) is 2. The van der Waals surface area contributed by atoms with Crippen LogP contribution in [0.4, 0.5) is 0 Å². The SMILES string of the molecule is CC(C(=O)N1CCC(C(=O)N2CCOCC2)CC1)C(N)c1ccccc1.Cl. The summed E-state index contributed by atoms with van der Waals surface area (Å²) in [5.41, 5.74) is 7.28. The molecule has 2 unspecified atom stereocenters. The highest BCUT2D eigenvalue weighted by Gasteiger charge is 2.33. The van der Waals surface area contributed by atoms with Gasteiger partial charge >= 0.3 is 0 Å². The number of carbonyl (C=O) groups excluding carboxylic acids is 2. The van der Waals surface area contributed by atoms with E-state index in [1.165, 1.54) is 0 Å². The summed E-state index contributed by atoms with van der Waals surface area (Å²) in [6.45, 7) is 5.76. The van der Waals surface area contributed by atoms with Gasteiger partial charge in [-0.3, -0.25) is 9.59 Å². The third kappa shape index (κ3) is 5.21. The fourth-order valence-corrected chi connectivity index (χ4v) is 3.79. The molecule has 2 amide bonds. The van der Waals surface area contributed by atoms with Crippen LogP contribution >= 0.6 is 12.4 Å². The van der Waals surface area contributed by atoms with E-state index in [9.17, 15) is 9.59 Å². The van der Waals surface area contributed by atoms with Crippen LogP contribution in [0, 0.1) is 11.8 Å². The minimum Gasteiger partial charge on any atom is -0.378 e. The second kappa shape index (κ2) is 10.1. The number of halogens is 1. The molecule has 150 valence electrons. The summed E-state index contributed by atoms with van der Waals surface area (Å²) < 4.78 is 5.31. The normalized spacial score (nSPS) is 20.5. The maximum Gasteiger partial charge on any atom is 0.227 e. The zero-order valence-electron chi connectivity index (χ0n) is 15.9. The molecule has 27 heavy (non-hydrogen) atoms. The maximum atomic E-state index is 12.8. The van der Waals surface area contributed by atoms with Gasteiger partial charge in [0.25, 0.3) is 0 Å². The molecule has 1 aromatic carbocycles. The van der Waals surface area contributed by atoms with E-state index in [0.717, 1.165) is 18.4 Å². The molecule has 0 saturated carbocycles.